The molecule has 0 aliphatic rings. The van der Waals surface area contributed by atoms with Crippen molar-refractivity contribution in [3.05, 3.63) is 25.0 Å². The molecule has 0 aromatic carbocycles. The van der Waals surface area contributed by atoms with Crippen LogP contribution < -0.4 is 0 Å². The highest BCUT2D eigenvalue weighted by molar-refractivity contribution is 5.86. The van der Waals surface area contributed by atoms with Crippen LogP contribution in [0.5, 0.6) is 0 Å². The van der Waals surface area contributed by atoms with Gasteiger partial charge in [-0.2, -0.15) is 0 Å². The maximum atomic E-state index is 11.2. The minimum absolute atomic E-state index is 0.144. The Kier molecular flexibility index (Phi) is 14.2. The normalized spacial score (nSPS) is 12.0. The summed E-state index contributed by atoms with van der Waals surface area (Å²) in [4.78, 5) is 11.2. The fourth-order valence-corrected chi connectivity index (χ4v) is 1.41. The smallest absolute Gasteiger partial charge is 0.333 e. The van der Waals surface area contributed by atoms with Gasteiger partial charge >= 0.3 is 5.97 Å². The predicted octanol–water partition coefficient (Wildman–Crippen LogP) is 2.07. The first-order valence-electron chi connectivity index (χ1n) is 7.95. The van der Waals surface area contributed by atoms with Gasteiger partial charge < -0.3 is 28.4 Å². The zero-order valence-electron chi connectivity index (χ0n) is 15.0. The molecule has 0 amide bonds. The van der Waals surface area contributed by atoms with Crippen molar-refractivity contribution in [2.45, 2.75) is 33.2 Å². The fourth-order valence-electron chi connectivity index (χ4n) is 1.41. The standard InChI is InChI=1S/C17H30O7/c1-6-21-16(13-20-9-12-24-17(18)14(2)3)23-11-8-19-7-10-22-15(4)5/h6,15-16H,1-2,7-13H2,3-5H3. The van der Waals surface area contributed by atoms with Gasteiger partial charge in [-0.05, 0) is 20.8 Å². The molecule has 7 nitrogen and oxygen atoms in total. The van der Waals surface area contributed by atoms with Crippen LogP contribution in [-0.2, 0) is 33.2 Å². The third-order valence-corrected chi connectivity index (χ3v) is 2.52. The average molecular weight is 346 g/mol. The van der Waals surface area contributed by atoms with E-state index in [1.54, 1.807) is 6.92 Å². The SMILES string of the molecule is C=COC(COCCOC(=O)C(=C)C)OCCOCCOC(C)C. The summed E-state index contributed by atoms with van der Waals surface area (Å²) >= 11 is 0. The molecule has 24 heavy (non-hydrogen) atoms. The Morgan fingerprint density at radius 1 is 1.00 bits per heavy atom. The molecule has 7 heteroatoms. The lowest BCUT2D eigenvalue weighted by atomic mass is 10.4. The number of hydrogen-bond acceptors (Lipinski definition) is 7. The Labute approximate surface area is 144 Å². The molecule has 0 heterocycles. The van der Waals surface area contributed by atoms with Crippen LogP contribution in [0.4, 0.5) is 0 Å². The van der Waals surface area contributed by atoms with Gasteiger partial charge in [-0.1, -0.05) is 13.2 Å². The van der Waals surface area contributed by atoms with E-state index in [4.69, 9.17) is 28.4 Å². The van der Waals surface area contributed by atoms with Gasteiger partial charge in [-0.3, -0.25) is 0 Å². The fraction of sp³-hybridized carbons (Fsp3) is 0.706. The van der Waals surface area contributed by atoms with Gasteiger partial charge in [0, 0.05) is 5.57 Å². The van der Waals surface area contributed by atoms with E-state index >= 15 is 0 Å². The first kappa shape index (κ1) is 22.6. The van der Waals surface area contributed by atoms with Crippen LogP contribution in [0.15, 0.2) is 25.0 Å². The zero-order chi connectivity index (χ0) is 18.2. The van der Waals surface area contributed by atoms with Crippen molar-refractivity contribution in [3.8, 4) is 0 Å². The van der Waals surface area contributed by atoms with Gasteiger partial charge in [0.25, 0.3) is 0 Å². The molecule has 0 rings (SSSR count). The summed E-state index contributed by atoms with van der Waals surface area (Å²) < 4.78 is 31.6. The van der Waals surface area contributed by atoms with Crippen molar-refractivity contribution in [3.63, 3.8) is 0 Å². The molecule has 1 unspecified atom stereocenters. The number of carbonyl (C=O) groups excluding carboxylic acids is 1. The van der Waals surface area contributed by atoms with E-state index < -0.39 is 12.3 Å². The monoisotopic (exact) mass is 346 g/mol. The molecule has 0 fully saturated rings. The average Bonchev–Trinajstić information content (AvgIpc) is 2.52. The predicted molar refractivity (Wildman–Crippen MR) is 89.5 cm³/mol. The van der Waals surface area contributed by atoms with E-state index in [-0.39, 0.29) is 25.9 Å². The Morgan fingerprint density at radius 2 is 1.62 bits per heavy atom. The summed E-state index contributed by atoms with van der Waals surface area (Å²) in [6.07, 6.45) is 0.892. The van der Waals surface area contributed by atoms with Gasteiger partial charge in [-0.15, -0.1) is 0 Å². The summed E-state index contributed by atoms with van der Waals surface area (Å²) in [6.45, 7) is 14.9. The molecular weight excluding hydrogens is 316 g/mol. The summed E-state index contributed by atoms with van der Waals surface area (Å²) in [5, 5.41) is 0. The van der Waals surface area contributed by atoms with Gasteiger partial charge in [0.2, 0.25) is 6.29 Å². The molecule has 0 aliphatic carbocycles. The van der Waals surface area contributed by atoms with Crippen molar-refractivity contribution in [2.24, 2.45) is 0 Å². The first-order valence-corrected chi connectivity index (χ1v) is 7.95. The van der Waals surface area contributed by atoms with Crippen molar-refractivity contribution in [1.29, 1.82) is 0 Å². The lowest BCUT2D eigenvalue weighted by molar-refractivity contribution is -0.156. The Hall–Kier alpha value is -1.41. The number of rotatable bonds is 16. The molecule has 0 spiro atoms. The van der Waals surface area contributed by atoms with Crippen molar-refractivity contribution in [2.75, 3.05) is 46.2 Å². The number of esters is 1. The highest BCUT2D eigenvalue weighted by Crippen LogP contribution is 1.98. The topological polar surface area (TPSA) is 72.5 Å². The molecule has 0 aliphatic heterocycles. The van der Waals surface area contributed by atoms with Crippen LogP contribution in [0.25, 0.3) is 0 Å². The quantitative estimate of drug-likeness (QED) is 0.139. The summed E-state index contributed by atoms with van der Waals surface area (Å²) in [5.74, 6) is -0.438. The maximum Gasteiger partial charge on any atom is 0.333 e. The summed E-state index contributed by atoms with van der Waals surface area (Å²) in [5.41, 5.74) is 0.352. The maximum absolute atomic E-state index is 11.2. The van der Waals surface area contributed by atoms with E-state index in [1.807, 2.05) is 13.8 Å². The lowest BCUT2D eigenvalue weighted by Crippen LogP contribution is -2.25. The molecule has 1 atom stereocenters. The van der Waals surface area contributed by atoms with Gasteiger partial charge in [0.1, 0.15) is 13.2 Å². The van der Waals surface area contributed by atoms with Gasteiger partial charge in [-0.25, -0.2) is 4.79 Å². The largest absolute Gasteiger partial charge is 0.471 e. The molecule has 0 aromatic rings. The molecule has 0 radical (unpaired) electrons. The van der Waals surface area contributed by atoms with Crippen LogP contribution in [0.3, 0.4) is 0 Å². The molecule has 0 saturated carbocycles. The van der Waals surface area contributed by atoms with Crippen LogP contribution in [-0.4, -0.2) is 64.6 Å². The lowest BCUT2D eigenvalue weighted by Gasteiger charge is -2.17. The van der Waals surface area contributed by atoms with Crippen molar-refractivity contribution >= 4 is 5.97 Å². The highest BCUT2D eigenvalue weighted by Gasteiger charge is 2.09. The second-order valence-electron chi connectivity index (χ2n) is 5.13. The van der Waals surface area contributed by atoms with E-state index in [9.17, 15) is 4.79 Å². The van der Waals surface area contributed by atoms with E-state index in [0.717, 1.165) is 0 Å². The summed E-state index contributed by atoms with van der Waals surface area (Å²) in [6, 6.07) is 0. The molecule has 0 saturated heterocycles. The second kappa shape index (κ2) is 15.1. The minimum Gasteiger partial charge on any atom is -0.471 e. The molecule has 0 bridgehead atoms. The summed E-state index contributed by atoms with van der Waals surface area (Å²) in [7, 11) is 0. The number of hydrogen-bond donors (Lipinski definition) is 0. The van der Waals surface area contributed by atoms with E-state index in [2.05, 4.69) is 13.2 Å². The zero-order valence-corrected chi connectivity index (χ0v) is 15.0. The second-order valence-corrected chi connectivity index (χ2v) is 5.13. The third-order valence-electron chi connectivity index (χ3n) is 2.52. The number of ether oxygens (including phenoxy) is 6. The van der Waals surface area contributed by atoms with E-state index in [0.29, 0.717) is 32.0 Å². The highest BCUT2D eigenvalue weighted by atomic mass is 16.7. The van der Waals surface area contributed by atoms with E-state index in [1.165, 1.54) is 6.26 Å². The molecule has 0 aromatic heterocycles. The molecule has 140 valence electrons. The van der Waals surface area contributed by atoms with Crippen LogP contribution in [0.1, 0.15) is 20.8 Å². The molecule has 0 N–H and O–H groups in total. The first-order chi connectivity index (χ1) is 11.5. The third kappa shape index (κ3) is 14.2. The van der Waals surface area contributed by atoms with Gasteiger partial charge in [0.05, 0.1) is 45.4 Å². The van der Waals surface area contributed by atoms with Gasteiger partial charge in [0.15, 0.2) is 0 Å². The van der Waals surface area contributed by atoms with Crippen LogP contribution in [0, 0.1) is 0 Å². The Bertz CT molecular complexity index is 355. The Morgan fingerprint density at radius 3 is 2.21 bits per heavy atom. The van der Waals surface area contributed by atoms with Crippen molar-refractivity contribution in [1.82, 2.24) is 0 Å². The van der Waals surface area contributed by atoms with Crippen LogP contribution in [0.2, 0.25) is 0 Å². The number of carbonyl (C=O) groups is 1. The Balaban J connectivity index is 3.65. The molecular formula is C17H30O7. The van der Waals surface area contributed by atoms with Crippen LogP contribution >= 0.6 is 0 Å². The minimum atomic E-state index is -0.588. The van der Waals surface area contributed by atoms with Crippen molar-refractivity contribution < 1.29 is 33.2 Å².